The molecule has 0 amide bonds. The van der Waals surface area contributed by atoms with Gasteiger partial charge in [0.25, 0.3) is 0 Å². The summed E-state index contributed by atoms with van der Waals surface area (Å²) >= 11 is 0. The summed E-state index contributed by atoms with van der Waals surface area (Å²) in [5.74, 6) is 0. The Bertz CT molecular complexity index is 700. The summed E-state index contributed by atoms with van der Waals surface area (Å²) in [6.45, 7) is 2.65. The van der Waals surface area contributed by atoms with E-state index < -0.39 is 0 Å². The molecule has 0 aliphatic carbocycles. The summed E-state index contributed by atoms with van der Waals surface area (Å²) < 4.78 is 2.22. The monoisotopic (exact) mass is 265 g/mol. The molecule has 102 valence electrons. The highest BCUT2D eigenvalue weighted by atomic mass is 16.3. The number of fused-ring (bicyclic) bond motifs is 1. The predicted molar refractivity (Wildman–Crippen MR) is 83.7 cm³/mol. The van der Waals surface area contributed by atoms with Gasteiger partial charge in [-0.2, -0.15) is 0 Å². The number of aromatic nitrogens is 1. The Morgan fingerprint density at radius 3 is 2.45 bits per heavy atom. The van der Waals surface area contributed by atoms with Crippen molar-refractivity contribution < 1.29 is 5.11 Å². The number of hydrogen-bond acceptors (Lipinski definition) is 1. The molecule has 2 aromatic carbocycles. The molecule has 1 atom stereocenters. The Morgan fingerprint density at radius 1 is 1.00 bits per heavy atom. The summed E-state index contributed by atoms with van der Waals surface area (Å²) in [6, 6.07) is 20.9. The molecular formula is C18H19NO. The van der Waals surface area contributed by atoms with Gasteiger partial charge in [-0.3, -0.25) is 0 Å². The zero-order valence-electron chi connectivity index (χ0n) is 11.7. The third-order valence-electron chi connectivity index (χ3n) is 3.74. The second-order valence-electron chi connectivity index (χ2n) is 5.13. The summed E-state index contributed by atoms with van der Waals surface area (Å²) in [4.78, 5) is 0. The molecule has 3 aromatic rings. The van der Waals surface area contributed by atoms with Crippen LogP contribution in [-0.2, 0) is 6.54 Å². The van der Waals surface area contributed by atoms with Crippen LogP contribution < -0.4 is 0 Å². The van der Waals surface area contributed by atoms with Crippen molar-refractivity contribution in [1.29, 1.82) is 0 Å². The number of aliphatic hydroxyl groups excluding tert-OH is 1. The lowest BCUT2D eigenvalue weighted by molar-refractivity contribution is 0.152. The number of hydrogen-bond donors (Lipinski definition) is 1. The van der Waals surface area contributed by atoms with Crippen molar-refractivity contribution in [3.8, 4) is 11.3 Å². The van der Waals surface area contributed by atoms with Crippen molar-refractivity contribution >= 4 is 10.9 Å². The van der Waals surface area contributed by atoms with Crippen LogP contribution >= 0.6 is 0 Å². The van der Waals surface area contributed by atoms with Gasteiger partial charge in [-0.1, -0.05) is 55.5 Å². The molecule has 2 nitrogen and oxygen atoms in total. The van der Waals surface area contributed by atoms with E-state index in [-0.39, 0.29) is 6.10 Å². The van der Waals surface area contributed by atoms with E-state index in [0.29, 0.717) is 6.54 Å². The molecule has 1 unspecified atom stereocenters. The fraction of sp³-hybridized carbons (Fsp3) is 0.222. The molecular weight excluding hydrogens is 246 g/mol. The zero-order valence-corrected chi connectivity index (χ0v) is 11.7. The van der Waals surface area contributed by atoms with Crippen molar-refractivity contribution in [2.45, 2.75) is 26.0 Å². The standard InChI is InChI=1S/C18H19NO/c1-2-16(20)13-19-17-11-7-6-10-15(17)12-18(19)14-8-4-3-5-9-14/h3-12,16,20H,2,13H2,1H3. The number of para-hydroxylation sites is 1. The number of rotatable bonds is 4. The first-order valence-corrected chi connectivity index (χ1v) is 7.11. The normalized spacial score (nSPS) is 12.7. The van der Waals surface area contributed by atoms with Crippen LogP contribution in [0.2, 0.25) is 0 Å². The molecule has 0 fully saturated rings. The van der Waals surface area contributed by atoms with Crippen LogP contribution in [0.25, 0.3) is 22.2 Å². The highest BCUT2D eigenvalue weighted by Crippen LogP contribution is 2.28. The third-order valence-corrected chi connectivity index (χ3v) is 3.74. The molecule has 1 aromatic heterocycles. The van der Waals surface area contributed by atoms with E-state index in [1.54, 1.807) is 0 Å². The van der Waals surface area contributed by atoms with Gasteiger partial charge in [0.1, 0.15) is 0 Å². The topological polar surface area (TPSA) is 25.2 Å². The molecule has 0 spiro atoms. The molecule has 3 rings (SSSR count). The summed E-state index contributed by atoms with van der Waals surface area (Å²) in [6.07, 6.45) is 0.453. The molecule has 20 heavy (non-hydrogen) atoms. The maximum Gasteiger partial charge on any atom is 0.0716 e. The van der Waals surface area contributed by atoms with Gasteiger partial charge in [0.2, 0.25) is 0 Å². The van der Waals surface area contributed by atoms with Crippen molar-refractivity contribution in [2.24, 2.45) is 0 Å². The van der Waals surface area contributed by atoms with Crippen LogP contribution in [-0.4, -0.2) is 15.8 Å². The van der Waals surface area contributed by atoms with Crippen molar-refractivity contribution in [2.75, 3.05) is 0 Å². The summed E-state index contributed by atoms with van der Waals surface area (Å²) in [5, 5.41) is 11.3. The lowest BCUT2D eigenvalue weighted by Crippen LogP contribution is -2.15. The van der Waals surface area contributed by atoms with Crippen molar-refractivity contribution in [3.05, 3.63) is 60.7 Å². The summed E-state index contributed by atoms with van der Waals surface area (Å²) in [7, 11) is 0. The maximum atomic E-state index is 10.0. The number of benzene rings is 2. The average molecular weight is 265 g/mol. The SMILES string of the molecule is CCC(O)Cn1c(-c2ccccc2)cc2ccccc21. The highest BCUT2D eigenvalue weighted by Gasteiger charge is 2.12. The Balaban J connectivity index is 2.17. The van der Waals surface area contributed by atoms with Crippen LogP contribution in [0, 0.1) is 0 Å². The molecule has 0 aliphatic heterocycles. The van der Waals surface area contributed by atoms with Gasteiger partial charge in [-0.15, -0.1) is 0 Å². The van der Waals surface area contributed by atoms with E-state index in [0.717, 1.165) is 6.42 Å². The second kappa shape index (κ2) is 5.51. The minimum absolute atomic E-state index is 0.312. The molecule has 0 radical (unpaired) electrons. The molecule has 1 heterocycles. The molecule has 1 N–H and O–H groups in total. The molecule has 2 heteroatoms. The van der Waals surface area contributed by atoms with Gasteiger partial charge in [0.05, 0.1) is 6.10 Å². The quantitative estimate of drug-likeness (QED) is 0.755. The van der Waals surface area contributed by atoms with Crippen LogP contribution in [0.15, 0.2) is 60.7 Å². The predicted octanol–water partition coefficient (Wildman–Crippen LogP) is 4.08. The van der Waals surface area contributed by atoms with E-state index in [1.807, 2.05) is 31.2 Å². The highest BCUT2D eigenvalue weighted by molar-refractivity contribution is 5.87. The molecule has 0 saturated heterocycles. The minimum Gasteiger partial charge on any atom is -0.391 e. The second-order valence-corrected chi connectivity index (χ2v) is 5.13. The first kappa shape index (κ1) is 12.9. The van der Waals surface area contributed by atoms with Crippen LogP contribution in [0.1, 0.15) is 13.3 Å². The van der Waals surface area contributed by atoms with Gasteiger partial charge in [0, 0.05) is 23.1 Å². The van der Waals surface area contributed by atoms with E-state index in [2.05, 4.69) is 41.0 Å². The zero-order chi connectivity index (χ0) is 13.9. The van der Waals surface area contributed by atoms with Gasteiger partial charge >= 0.3 is 0 Å². The van der Waals surface area contributed by atoms with Gasteiger partial charge in [-0.25, -0.2) is 0 Å². The molecule has 0 bridgehead atoms. The fourth-order valence-corrected chi connectivity index (χ4v) is 2.60. The van der Waals surface area contributed by atoms with Gasteiger partial charge in [-0.05, 0) is 24.1 Å². The lowest BCUT2D eigenvalue weighted by atomic mass is 10.1. The Kier molecular flexibility index (Phi) is 3.57. The Labute approximate surface area is 119 Å². The fourth-order valence-electron chi connectivity index (χ4n) is 2.60. The van der Waals surface area contributed by atoms with Crippen molar-refractivity contribution in [3.63, 3.8) is 0 Å². The van der Waals surface area contributed by atoms with Crippen LogP contribution in [0.5, 0.6) is 0 Å². The van der Waals surface area contributed by atoms with E-state index in [9.17, 15) is 5.11 Å². The van der Waals surface area contributed by atoms with Crippen LogP contribution in [0.4, 0.5) is 0 Å². The third kappa shape index (κ3) is 2.35. The summed E-state index contributed by atoms with van der Waals surface area (Å²) in [5.41, 5.74) is 3.53. The van der Waals surface area contributed by atoms with Gasteiger partial charge < -0.3 is 9.67 Å². The molecule has 0 aliphatic rings. The lowest BCUT2D eigenvalue weighted by Gasteiger charge is -2.14. The van der Waals surface area contributed by atoms with Crippen molar-refractivity contribution in [1.82, 2.24) is 4.57 Å². The first-order chi connectivity index (χ1) is 9.79. The minimum atomic E-state index is -0.312. The Hall–Kier alpha value is -2.06. The largest absolute Gasteiger partial charge is 0.391 e. The Morgan fingerprint density at radius 2 is 1.70 bits per heavy atom. The first-order valence-electron chi connectivity index (χ1n) is 7.11. The number of nitrogens with zero attached hydrogens (tertiary/aromatic N) is 1. The van der Waals surface area contributed by atoms with E-state index in [4.69, 9.17) is 0 Å². The smallest absolute Gasteiger partial charge is 0.0716 e. The maximum absolute atomic E-state index is 10.0. The average Bonchev–Trinajstić information content (AvgIpc) is 2.87. The number of aliphatic hydroxyl groups is 1. The van der Waals surface area contributed by atoms with E-state index >= 15 is 0 Å². The molecule has 0 saturated carbocycles. The van der Waals surface area contributed by atoms with Crippen LogP contribution in [0.3, 0.4) is 0 Å². The van der Waals surface area contributed by atoms with Gasteiger partial charge in [0.15, 0.2) is 0 Å². The van der Waals surface area contributed by atoms with E-state index in [1.165, 1.54) is 22.2 Å².